The van der Waals surface area contributed by atoms with Crippen molar-refractivity contribution in [2.75, 3.05) is 20.1 Å². The van der Waals surface area contributed by atoms with Crippen LogP contribution in [0.3, 0.4) is 0 Å². The van der Waals surface area contributed by atoms with E-state index >= 15 is 0 Å². The Labute approximate surface area is 214 Å². The fraction of sp³-hybridized carbons (Fsp3) is 0.462. The molecule has 0 spiro atoms. The number of aliphatic hydroxyl groups is 1. The molecule has 0 radical (unpaired) electrons. The van der Waals surface area contributed by atoms with E-state index in [1.54, 1.807) is 6.92 Å². The molecule has 0 aromatic heterocycles. The molecule has 5 nitrogen and oxygen atoms in total. The van der Waals surface area contributed by atoms with Crippen LogP contribution in [0.1, 0.15) is 34.2 Å². The Morgan fingerprint density at radius 1 is 1.03 bits per heavy atom. The third-order valence-electron chi connectivity index (χ3n) is 6.65. The number of nitrogens with zero attached hydrogens (tertiary/aromatic N) is 1. The van der Waals surface area contributed by atoms with Crippen molar-refractivity contribution in [3.05, 3.63) is 70.0 Å². The molecule has 0 aliphatic carbocycles. The van der Waals surface area contributed by atoms with Gasteiger partial charge in [0, 0.05) is 32.5 Å². The van der Waals surface area contributed by atoms with Crippen LogP contribution in [0.15, 0.2) is 36.4 Å². The molecule has 38 heavy (non-hydrogen) atoms. The van der Waals surface area contributed by atoms with Crippen LogP contribution in [-0.2, 0) is 34.9 Å². The molecule has 0 saturated carbocycles. The van der Waals surface area contributed by atoms with Gasteiger partial charge in [0.25, 0.3) is 0 Å². The molecule has 1 heterocycles. The van der Waals surface area contributed by atoms with Gasteiger partial charge in [0.15, 0.2) is 5.78 Å². The van der Waals surface area contributed by atoms with Gasteiger partial charge < -0.3 is 15.3 Å². The molecule has 208 valence electrons. The van der Waals surface area contributed by atoms with Crippen LogP contribution < -0.4 is 5.32 Å². The summed E-state index contributed by atoms with van der Waals surface area (Å²) in [4.78, 5) is 27.3. The minimum Gasteiger partial charge on any atom is -0.385 e. The molecule has 3 rings (SSSR count). The highest BCUT2D eigenvalue weighted by Crippen LogP contribution is 2.36. The molecular formula is C26H27F7N2O3. The molecule has 12 heteroatoms. The van der Waals surface area contributed by atoms with Gasteiger partial charge in [-0.2, -0.15) is 26.3 Å². The van der Waals surface area contributed by atoms with Gasteiger partial charge in [-0.3, -0.25) is 9.59 Å². The van der Waals surface area contributed by atoms with Gasteiger partial charge in [0.2, 0.25) is 5.91 Å². The first-order chi connectivity index (χ1) is 17.6. The van der Waals surface area contributed by atoms with E-state index in [1.807, 2.05) is 0 Å². The number of carbonyl (C=O) groups is 2. The molecule has 1 saturated heterocycles. The lowest BCUT2D eigenvalue weighted by molar-refractivity contribution is -0.144. The number of hydrogen-bond acceptors (Lipinski definition) is 4. The summed E-state index contributed by atoms with van der Waals surface area (Å²) in [6, 6.07) is 5.02. The van der Waals surface area contributed by atoms with Crippen molar-refractivity contribution in [2.45, 2.75) is 44.8 Å². The second-order valence-corrected chi connectivity index (χ2v) is 9.51. The van der Waals surface area contributed by atoms with Gasteiger partial charge in [-0.05, 0) is 66.9 Å². The third kappa shape index (κ3) is 7.10. The van der Waals surface area contributed by atoms with Crippen LogP contribution >= 0.6 is 0 Å². The van der Waals surface area contributed by atoms with Crippen molar-refractivity contribution in [1.82, 2.24) is 10.2 Å². The number of carbonyl (C=O) groups excluding carboxylic acids is 2. The highest BCUT2D eigenvalue weighted by atomic mass is 19.4. The van der Waals surface area contributed by atoms with E-state index in [0.29, 0.717) is 29.8 Å². The summed E-state index contributed by atoms with van der Waals surface area (Å²) in [5.41, 5.74) is -2.27. The predicted octanol–water partition coefficient (Wildman–Crippen LogP) is 4.53. The topological polar surface area (TPSA) is 69.6 Å². The van der Waals surface area contributed by atoms with Crippen molar-refractivity contribution >= 4 is 11.7 Å². The molecule has 2 N–H and O–H groups in total. The van der Waals surface area contributed by atoms with Gasteiger partial charge in [0.05, 0.1) is 17.0 Å². The number of amides is 1. The number of piperidine rings is 1. The monoisotopic (exact) mass is 548 g/mol. The first-order valence-electron chi connectivity index (χ1n) is 11.8. The second-order valence-electron chi connectivity index (χ2n) is 9.51. The number of aryl methyl sites for hydroxylation is 1. The summed E-state index contributed by atoms with van der Waals surface area (Å²) in [6.07, 6.45) is -11.5. The van der Waals surface area contributed by atoms with Gasteiger partial charge in [-0.15, -0.1) is 0 Å². The number of nitrogens with one attached hydrogen (secondary N) is 1. The number of halogens is 7. The Morgan fingerprint density at radius 3 is 2.18 bits per heavy atom. The second kappa shape index (κ2) is 11.4. The Hall–Kier alpha value is -2.99. The molecule has 1 unspecified atom stereocenters. The highest BCUT2D eigenvalue weighted by molar-refractivity contribution is 5.91. The zero-order valence-corrected chi connectivity index (χ0v) is 20.6. The van der Waals surface area contributed by atoms with Crippen LogP contribution in [0, 0.1) is 24.6 Å². The van der Waals surface area contributed by atoms with Gasteiger partial charge in [-0.1, -0.05) is 6.07 Å². The number of hydrogen-bond donors (Lipinski definition) is 2. The van der Waals surface area contributed by atoms with Crippen molar-refractivity contribution in [3.63, 3.8) is 0 Å². The molecule has 2 aromatic rings. The third-order valence-corrected chi connectivity index (χ3v) is 6.65. The molecule has 1 amide bonds. The average Bonchev–Trinajstić information content (AvgIpc) is 2.83. The van der Waals surface area contributed by atoms with Crippen molar-refractivity contribution in [1.29, 1.82) is 0 Å². The fourth-order valence-corrected chi connectivity index (χ4v) is 4.64. The quantitative estimate of drug-likeness (QED) is 0.499. The van der Waals surface area contributed by atoms with E-state index in [9.17, 15) is 45.4 Å². The van der Waals surface area contributed by atoms with Crippen LogP contribution in [-0.4, -0.2) is 47.9 Å². The summed E-state index contributed by atoms with van der Waals surface area (Å²) < 4.78 is 92.6. The van der Waals surface area contributed by atoms with Gasteiger partial charge in [-0.25, -0.2) is 4.39 Å². The van der Waals surface area contributed by atoms with Gasteiger partial charge in [0.1, 0.15) is 11.9 Å². The van der Waals surface area contributed by atoms with E-state index in [0.717, 1.165) is 4.90 Å². The Morgan fingerprint density at radius 2 is 1.63 bits per heavy atom. The fourth-order valence-electron chi connectivity index (χ4n) is 4.64. The predicted molar refractivity (Wildman–Crippen MR) is 123 cm³/mol. The molecule has 1 aliphatic rings. The van der Waals surface area contributed by atoms with Crippen LogP contribution in [0.5, 0.6) is 0 Å². The minimum absolute atomic E-state index is 0.0110. The van der Waals surface area contributed by atoms with Crippen molar-refractivity contribution in [3.8, 4) is 0 Å². The molecule has 3 atom stereocenters. The highest BCUT2D eigenvalue weighted by Gasteiger charge is 2.40. The molecular weight excluding hydrogens is 521 g/mol. The number of rotatable bonds is 7. The lowest BCUT2D eigenvalue weighted by Crippen LogP contribution is -2.50. The largest absolute Gasteiger partial charge is 0.416 e. The first kappa shape index (κ1) is 29.6. The number of Topliss-reactive ketones (excluding diaryl/α,β-unsaturated/α-hetero) is 1. The van der Waals surface area contributed by atoms with Crippen LogP contribution in [0.4, 0.5) is 30.7 Å². The standard InChI is InChI=1S/C26H27F7N2O3/c1-14-7-19(27)4-3-16(14)10-22(36)23(37)21-12-34-6-5-20(21)24(38)35(2)13-15-8-17(25(28,29)30)11-18(9-15)26(31,32)33/h3-4,7-9,11,20-22,34,36H,5-6,10,12-13H2,1-2H3/t20-,21+,22?/m1/s1. The number of ketones is 1. The van der Waals surface area contributed by atoms with E-state index in [2.05, 4.69) is 5.32 Å². The Bertz CT molecular complexity index is 1150. The summed E-state index contributed by atoms with van der Waals surface area (Å²) >= 11 is 0. The Balaban J connectivity index is 1.78. The van der Waals surface area contributed by atoms with E-state index in [1.165, 1.54) is 25.2 Å². The number of benzene rings is 2. The minimum atomic E-state index is -5.02. The molecule has 1 fully saturated rings. The normalized spacial score (nSPS) is 19.2. The molecule has 1 aliphatic heterocycles. The maximum absolute atomic E-state index is 13.4. The number of aliphatic hydroxyl groups excluding tert-OH is 1. The summed E-state index contributed by atoms with van der Waals surface area (Å²) in [5.74, 6) is -3.65. The maximum Gasteiger partial charge on any atom is 0.416 e. The smallest absolute Gasteiger partial charge is 0.385 e. The van der Waals surface area contributed by atoms with E-state index in [4.69, 9.17) is 0 Å². The molecule has 2 aromatic carbocycles. The Kier molecular flexibility index (Phi) is 8.87. The zero-order valence-electron chi connectivity index (χ0n) is 20.6. The average molecular weight is 548 g/mol. The van der Waals surface area contributed by atoms with Crippen molar-refractivity contribution < 1.29 is 45.4 Å². The van der Waals surface area contributed by atoms with Crippen LogP contribution in [0.2, 0.25) is 0 Å². The van der Waals surface area contributed by atoms with E-state index in [-0.39, 0.29) is 31.0 Å². The lowest BCUT2D eigenvalue weighted by Gasteiger charge is -2.34. The van der Waals surface area contributed by atoms with E-state index < -0.39 is 65.5 Å². The van der Waals surface area contributed by atoms with Gasteiger partial charge >= 0.3 is 12.4 Å². The summed E-state index contributed by atoms with van der Waals surface area (Å²) in [7, 11) is 1.23. The maximum atomic E-state index is 13.4. The summed E-state index contributed by atoms with van der Waals surface area (Å²) in [6.45, 7) is 1.48. The summed E-state index contributed by atoms with van der Waals surface area (Å²) in [5, 5.41) is 13.6. The van der Waals surface area contributed by atoms with Crippen LogP contribution in [0.25, 0.3) is 0 Å². The SMILES string of the molecule is Cc1cc(F)ccc1CC(O)C(=O)[C@H]1CNCC[C@H]1C(=O)N(C)Cc1cc(C(F)(F)F)cc(C(F)(F)F)c1. The lowest BCUT2D eigenvalue weighted by atomic mass is 9.79. The first-order valence-corrected chi connectivity index (χ1v) is 11.8. The van der Waals surface area contributed by atoms with Crippen molar-refractivity contribution in [2.24, 2.45) is 11.8 Å². The number of alkyl halides is 6. The zero-order chi connectivity index (χ0) is 28.4. The molecule has 0 bridgehead atoms.